The topological polar surface area (TPSA) is 59.1 Å². The van der Waals surface area contributed by atoms with Crippen LogP contribution in [0.15, 0.2) is 18.2 Å². The third-order valence-electron chi connectivity index (χ3n) is 6.02. The van der Waals surface area contributed by atoms with Crippen LogP contribution in [0.1, 0.15) is 45.1 Å². The minimum atomic E-state index is -0.278. The van der Waals surface area contributed by atoms with Gasteiger partial charge in [0.2, 0.25) is 5.91 Å². The van der Waals surface area contributed by atoms with Gasteiger partial charge in [0, 0.05) is 20.0 Å². The first kappa shape index (κ1) is 19.5. The summed E-state index contributed by atoms with van der Waals surface area (Å²) in [4.78, 5) is 29.0. The first-order valence-electron chi connectivity index (χ1n) is 9.72. The van der Waals surface area contributed by atoms with Gasteiger partial charge >= 0.3 is 0 Å². The summed E-state index contributed by atoms with van der Waals surface area (Å²) in [6.45, 7) is 7.21. The van der Waals surface area contributed by atoms with Crippen molar-refractivity contribution in [3.05, 3.63) is 23.8 Å². The lowest BCUT2D eigenvalue weighted by atomic mass is 9.76. The fourth-order valence-corrected chi connectivity index (χ4v) is 4.68. The Bertz CT molecular complexity index is 720. The van der Waals surface area contributed by atoms with E-state index in [9.17, 15) is 9.59 Å². The van der Waals surface area contributed by atoms with Crippen LogP contribution in [0.3, 0.4) is 0 Å². The normalized spacial score (nSPS) is 25.0. The third-order valence-corrected chi connectivity index (χ3v) is 6.02. The van der Waals surface area contributed by atoms with Gasteiger partial charge in [0.25, 0.3) is 5.91 Å². The monoisotopic (exact) mass is 374 g/mol. The van der Waals surface area contributed by atoms with Crippen molar-refractivity contribution in [3.63, 3.8) is 0 Å². The number of rotatable bonds is 4. The van der Waals surface area contributed by atoms with Crippen LogP contribution in [0.25, 0.3) is 0 Å². The largest absolute Gasteiger partial charge is 0.493 e. The molecule has 2 atom stereocenters. The Morgan fingerprint density at radius 1 is 1.22 bits per heavy atom. The van der Waals surface area contributed by atoms with Crippen molar-refractivity contribution in [2.24, 2.45) is 0 Å². The van der Waals surface area contributed by atoms with Crippen molar-refractivity contribution in [1.82, 2.24) is 9.80 Å². The fourth-order valence-electron chi connectivity index (χ4n) is 4.68. The number of benzene rings is 1. The zero-order valence-electron chi connectivity index (χ0n) is 16.8. The molecule has 2 amide bonds. The molecule has 27 heavy (non-hydrogen) atoms. The first-order valence-corrected chi connectivity index (χ1v) is 9.72. The molecule has 2 heterocycles. The molecular weight excluding hydrogens is 344 g/mol. The number of hydrogen-bond acceptors (Lipinski definition) is 4. The van der Waals surface area contributed by atoms with Crippen LogP contribution in [-0.4, -0.2) is 60.0 Å². The summed E-state index contributed by atoms with van der Waals surface area (Å²) in [5.41, 5.74) is 0.795. The molecule has 0 aliphatic carbocycles. The van der Waals surface area contributed by atoms with Gasteiger partial charge in [-0.2, -0.15) is 0 Å². The van der Waals surface area contributed by atoms with Crippen molar-refractivity contribution in [1.29, 1.82) is 0 Å². The minimum Gasteiger partial charge on any atom is -0.493 e. The lowest BCUT2D eigenvalue weighted by Gasteiger charge is -2.56. The minimum absolute atomic E-state index is 0.0218. The van der Waals surface area contributed by atoms with Crippen LogP contribution in [0.4, 0.5) is 0 Å². The molecular formula is C21H30N2O4. The molecule has 0 unspecified atom stereocenters. The molecule has 6 heteroatoms. The Labute approximate surface area is 161 Å². The predicted molar refractivity (Wildman–Crippen MR) is 103 cm³/mol. The average Bonchev–Trinajstić information content (AvgIpc) is 2.64. The number of carbonyl (C=O) groups excluding carboxylic acids is 2. The quantitative estimate of drug-likeness (QED) is 0.813. The van der Waals surface area contributed by atoms with Gasteiger partial charge in [-0.15, -0.1) is 0 Å². The van der Waals surface area contributed by atoms with Gasteiger partial charge in [-0.05, 0) is 57.2 Å². The Hall–Kier alpha value is -2.24. The highest BCUT2D eigenvalue weighted by molar-refractivity contribution is 5.79. The second kappa shape index (κ2) is 7.79. The summed E-state index contributed by atoms with van der Waals surface area (Å²) in [5.74, 6) is 1.27. The maximum Gasteiger partial charge on any atom is 0.260 e. The molecule has 0 aromatic heterocycles. The lowest BCUT2D eigenvalue weighted by Crippen LogP contribution is -2.68. The summed E-state index contributed by atoms with van der Waals surface area (Å²) in [6, 6.07) is 5.72. The molecule has 2 fully saturated rings. The Morgan fingerprint density at radius 2 is 2.00 bits per heavy atom. The number of ether oxygens (including phenoxy) is 2. The van der Waals surface area contributed by atoms with Gasteiger partial charge in [-0.3, -0.25) is 9.59 Å². The number of amides is 2. The van der Waals surface area contributed by atoms with Crippen molar-refractivity contribution >= 4 is 11.8 Å². The second-order valence-electron chi connectivity index (χ2n) is 7.82. The Morgan fingerprint density at radius 3 is 2.70 bits per heavy atom. The van der Waals surface area contributed by atoms with Crippen LogP contribution in [-0.2, 0) is 9.59 Å². The molecule has 0 spiro atoms. The molecule has 0 N–H and O–H groups in total. The number of hydrogen-bond donors (Lipinski definition) is 0. The lowest BCUT2D eigenvalue weighted by molar-refractivity contribution is -0.155. The van der Waals surface area contributed by atoms with E-state index in [-0.39, 0.29) is 30.0 Å². The van der Waals surface area contributed by atoms with Gasteiger partial charge in [-0.25, -0.2) is 0 Å². The standard InChI is InChI=1S/C21H30N2O4/c1-15-8-9-17(18(13-15)26-4)27-14-20(25)22-11-6-10-21(3)19(22)7-5-12-23(21)16(2)24/h8-9,13,19H,5-7,10-12,14H2,1-4H3/t19-,21+/m1/s1. The summed E-state index contributed by atoms with van der Waals surface area (Å²) in [6.07, 6.45) is 3.69. The van der Waals surface area contributed by atoms with Crippen molar-refractivity contribution in [2.45, 2.75) is 58.0 Å². The molecule has 0 bridgehead atoms. The maximum absolute atomic E-state index is 13.0. The van der Waals surface area contributed by atoms with Gasteiger partial charge in [0.15, 0.2) is 18.1 Å². The van der Waals surface area contributed by atoms with Crippen molar-refractivity contribution in [2.75, 3.05) is 26.8 Å². The number of nitrogens with zero attached hydrogens (tertiary/aromatic N) is 2. The molecule has 2 saturated heterocycles. The highest BCUT2D eigenvalue weighted by Gasteiger charge is 2.49. The van der Waals surface area contributed by atoms with E-state index in [2.05, 4.69) is 6.92 Å². The second-order valence-corrected chi connectivity index (χ2v) is 7.82. The Kier molecular flexibility index (Phi) is 5.63. The molecule has 2 aliphatic rings. The van der Waals surface area contributed by atoms with E-state index >= 15 is 0 Å². The third kappa shape index (κ3) is 3.75. The molecule has 148 valence electrons. The van der Waals surface area contributed by atoms with Crippen LogP contribution in [0.2, 0.25) is 0 Å². The van der Waals surface area contributed by atoms with Crippen LogP contribution < -0.4 is 9.47 Å². The number of fused-ring (bicyclic) bond motifs is 1. The van der Waals surface area contributed by atoms with Crippen LogP contribution >= 0.6 is 0 Å². The number of methoxy groups -OCH3 is 1. The molecule has 1 aromatic rings. The van der Waals surface area contributed by atoms with Crippen LogP contribution in [0, 0.1) is 6.92 Å². The molecule has 6 nitrogen and oxygen atoms in total. The summed E-state index contributed by atoms with van der Waals surface area (Å²) in [5, 5.41) is 0. The smallest absolute Gasteiger partial charge is 0.260 e. The van der Waals surface area contributed by atoms with Gasteiger partial charge in [0.05, 0.1) is 18.7 Å². The van der Waals surface area contributed by atoms with Crippen LogP contribution in [0.5, 0.6) is 11.5 Å². The fraction of sp³-hybridized carbons (Fsp3) is 0.619. The van der Waals surface area contributed by atoms with E-state index in [1.165, 1.54) is 0 Å². The molecule has 0 radical (unpaired) electrons. The van der Waals surface area contributed by atoms with Gasteiger partial charge in [0.1, 0.15) is 0 Å². The maximum atomic E-state index is 13.0. The van der Waals surface area contributed by atoms with E-state index in [1.54, 1.807) is 14.0 Å². The molecule has 3 rings (SSSR count). The van der Waals surface area contributed by atoms with E-state index < -0.39 is 0 Å². The summed E-state index contributed by atoms with van der Waals surface area (Å²) < 4.78 is 11.1. The first-order chi connectivity index (χ1) is 12.9. The van der Waals surface area contributed by atoms with E-state index in [0.29, 0.717) is 11.5 Å². The zero-order chi connectivity index (χ0) is 19.6. The SMILES string of the molecule is COc1cc(C)ccc1OCC(=O)N1CCC[C@@]2(C)[C@H]1CCCN2C(C)=O. The molecule has 0 saturated carbocycles. The highest BCUT2D eigenvalue weighted by atomic mass is 16.5. The molecule has 2 aliphatic heterocycles. The predicted octanol–water partition coefficient (Wildman–Crippen LogP) is 2.77. The average molecular weight is 374 g/mol. The van der Waals surface area contributed by atoms with E-state index in [0.717, 1.165) is 44.3 Å². The van der Waals surface area contributed by atoms with Crippen molar-refractivity contribution < 1.29 is 19.1 Å². The van der Waals surface area contributed by atoms with Gasteiger partial charge < -0.3 is 19.3 Å². The van der Waals surface area contributed by atoms with Crippen molar-refractivity contribution in [3.8, 4) is 11.5 Å². The van der Waals surface area contributed by atoms with E-state index in [4.69, 9.17) is 9.47 Å². The van der Waals surface area contributed by atoms with E-state index in [1.807, 2.05) is 34.9 Å². The summed E-state index contributed by atoms with van der Waals surface area (Å²) >= 11 is 0. The number of likely N-dealkylation sites (tertiary alicyclic amines) is 2. The number of piperidine rings is 2. The zero-order valence-corrected chi connectivity index (χ0v) is 16.8. The number of aryl methyl sites for hydroxylation is 1. The highest BCUT2D eigenvalue weighted by Crippen LogP contribution is 2.39. The molecule has 1 aromatic carbocycles. The summed E-state index contributed by atoms with van der Waals surface area (Å²) in [7, 11) is 1.60. The number of carbonyl (C=O) groups is 2. The Balaban J connectivity index is 1.72. The van der Waals surface area contributed by atoms with Gasteiger partial charge in [-0.1, -0.05) is 6.07 Å².